The summed E-state index contributed by atoms with van der Waals surface area (Å²) in [6, 6.07) is 3.43. The highest BCUT2D eigenvalue weighted by Gasteiger charge is 2.25. The van der Waals surface area contributed by atoms with Crippen molar-refractivity contribution in [2.24, 2.45) is 17.1 Å². The van der Waals surface area contributed by atoms with Crippen molar-refractivity contribution in [3.63, 3.8) is 0 Å². The van der Waals surface area contributed by atoms with Crippen LogP contribution in [-0.2, 0) is 11.2 Å². The number of allylic oxidation sites excluding steroid dienone is 4. The quantitative estimate of drug-likeness (QED) is 0.670. The van der Waals surface area contributed by atoms with Gasteiger partial charge in [0.1, 0.15) is 16.9 Å². The Balaban J connectivity index is 1.49. The normalized spacial score (nSPS) is 18.8. The molecule has 0 bridgehead atoms. The summed E-state index contributed by atoms with van der Waals surface area (Å²) in [5, 5.41) is 3.43. The molecule has 174 valence electrons. The smallest absolute Gasteiger partial charge is 0.291 e. The number of ether oxygens (including phenoxy) is 1. The van der Waals surface area contributed by atoms with E-state index in [4.69, 9.17) is 19.3 Å². The van der Waals surface area contributed by atoms with Crippen molar-refractivity contribution in [1.82, 2.24) is 0 Å². The minimum atomic E-state index is -0.738. The number of methoxy groups -OCH3 is 1. The molecule has 0 fully saturated rings. The van der Waals surface area contributed by atoms with Gasteiger partial charge in [-0.3, -0.25) is 9.59 Å². The zero-order valence-corrected chi connectivity index (χ0v) is 19.5. The van der Waals surface area contributed by atoms with E-state index in [1.165, 1.54) is 5.57 Å². The van der Waals surface area contributed by atoms with Gasteiger partial charge in [0.15, 0.2) is 5.76 Å². The van der Waals surface area contributed by atoms with Crippen LogP contribution in [0.25, 0.3) is 12.2 Å². The molecule has 2 heterocycles. The minimum absolute atomic E-state index is 0.0653. The molecule has 0 aliphatic heterocycles. The SMILES string of the molecule is COC1=CC(CCc2ccc(C(=O)Nc3c(C(N)=O)oc4c3=CCC(C)(C)C=4)o2)=CCC1C. The first kappa shape index (κ1) is 22.7. The average Bonchev–Trinajstić information content (AvgIpc) is 3.37. The van der Waals surface area contributed by atoms with Crippen LogP contribution in [0.5, 0.6) is 0 Å². The van der Waals surface area contributed by atoms with Gasteiger partial charge in [0, 0.05) is 17.6 Å². The number of carbonyl (C=O) groups is 2. The number of anilines is 1. The molecule has 7 heteroatoms. The summed E-state index contributed by atoms with van der Waals surface area (Å²) < 4.78 is 16.9. The van der Waals surface area contributed by atoms with Gasteiger partial charge in [0.05, 0.1) is 12.9 Å². The summed E-state index contributed by atoms with van der Waals surface area (Å²) in [6.45, 7) is 6.27. The van der Waals surface area contributed by atoms with E-state index in [-0.39, 0.29) is 22.6 Å². The van der Waals surface area contributed by atoms with E-state index >= 15 is 0 Å². The Labute approximate surface area is 192 Å². The molecule has 2 amide bonds. The maximum absolute atomic E-state index is 12.9. The number of primary amides is 1. The van der Waals surface area contributed by atoms with Gasteiger partial charge in [0.2, 0.25) is 5.76 Å². The standard InChI is InChI=1S/C26H30N2O5/c1-15-5-6-16(13-20(15)31-4)7-8-17-9-10-19(32-17)25(30)28-22-18-11-12-26(2,3)14-21(18)33-23(22)24(27)29/h6,9-11,13-15H,5,7-8,12H2,1-4H3,(H2,27,29)(H,28,30). The van der Waals surface area contributed by atoms with Gasteiger partial charge in [-0.15, -0.1) is 0 Å². The molecule has 2 aliphatic carbocycles. The Morgan fingerprint density at radius 1 is 1.21 bits per heavy atom. The average molecular weight is 451 g/mol. The fourth-order valence-corrected chi connectivity index (χ4v) is 4.19. The number of rotatable bonds is 7. The number of aryl methyl sites for hydroxylation is 1. The van der Waals surface area contributed by atoms with Crippen LogP contribution in [0, 0.1) is 11.3 Å². The molecule has 7 nitrogen and oxygen atoms in total. The molecule has 0 saturated heterocycles. The van der Waals surface area contributed by atoms with Crippen molar-refractivity contribution >= 4 is 29.7 Å². The lowest BCUT2D eigenvalue weighted by molar-refractivity contribution is 0.0973. The third-order valence-corrected chi connectivity index (χ3v) is 6.12. The van der Waals surface area contributed by atoms with Gasteiger partial charge in [0.25, 0.3) is 11.8 Å². The van der Waals surface area contributed by atoms with Crippen molar-refractivity contribution in [2.75, 3.05) is 12.4 Å². The van der Waals surface area contributed by atoms with E-state index in [1.807, 2.05) is 12.2 Å². The van der Waals surface area contributed by atoms with Crippen LogP contribution < -0.4 is 21.7 Å². The first-order valence-electron chi connectivity index (χ1n) is 11.2. The molecular formula is C26H30N2O5. The second-order valence-corrected chi connectivity index (χ2v) is 9.38. The number of hydrogen-bond donors (Lipinski definition) is 2. The van der Waals surface area contributed by atoms with Gasteiger partial charge >= 0.3 is 0 Å². The first-order valence-corrected chi connectivity index (χ1v) is 11.2. The molecule has 2 aromatic heterocycles. The molecule has 0 spiro atoms. The second-order valence-electron chi connectivity index (χ2n) is 9.38. The van der Waals surface area contributed by atoms with Crippen molar-refractivity contribution in [3.05, 3.63) is 63.5 Å². The van der Waals surface area contributed by atoms with Crippen molar-refractivity contribution in [3.8, 4) is 0 Å². The summed E-state index contributed by atoms with van der Waals surface area (Å²) in [5.41, 5.74) is 7.40. The van der Waals surface area contributed by atoms with Crippen LogP contribution in [0.1, 0.15) is 66.9 Å². The van der Waals surface area contributed by atoms with E-state index in [9.17, 15) is 9.59 Å². The van der Waals surface area contributed by atoms with E-state index in [1.54, 1.807) is 19.2 Å². The highest BCUT2D eigenvalue weighted by molar-refractivity contribution is 6.06. The van der Waals surface area contributed by atoms with Crippen LogP contribution in [-0.4, -0.2) is 18.9 Å². The minimum Gasteiger partial charge on any atom is -0.501 e. The Morgan fingerprint density at radius 2 is 2.00 bits per heavy atom. The Hall–Kier alpha value is -3.48. The van der Waals surface area contributed by atoms with Crippen LogP contribution in [0.15, 0.2) is 44.5 Å². The third-order valence-electron chi connectivity index (χ3n) is 6.12. The fraction of sp³-hybridized carbons (Fsp3) is 0.385. The first-order chi connectivity index (χ1) is 15.7. The number of fused-ring (bicyclic) bond motifs is 1. The zero-order chi connectivity index (χ0) is 23.8. The molecule has 0 radical (unpaired) electrons. The zero-order valence-electron chi connectivity index (χ0n) is 19.5. The highest BCUT2D eigenvalue weighted by atomic mass is 16.5. The van der Waals surface area contributed by atoms with Crippen LogP contribution in [0.2, 0.25) is 0 Å². The molecule has 2 aliphatic rings. The lowest BCUT2D eigenvalue weighted by Crippen LogP contribution is -2.31. The molecule has 33 heavy (non-hydrogen) atoms. The summed E-state index contributed by atoms with van der Waals surface area (Å²) in [6.07, 6.45) is 11.3. The number of nitrogens with one attached hydrogen (secondary N) is 1. The van der Waals surface area contributed by atoms with E-state index in [0.29, 0.717) is 28.7 Å². The van der Waals surface area contributed by atoms with Gasteiger partial charge in [-0.05, 0) is 54.5 Å². The molecule has 0 saturated carbocycles. The van der Waals surface area contributed by atoms with Crippen LogP contribution in [0.4, 0.5) is 5.69 Å². The largest absolute Gasteiger partial charge is 0.501 e. The van der Waals surface area contributed by atoms with E-state index in [0.717, 1.165) is 25.0 Å². The molecule has 2 aromatic rings. The highest BCUT2D eigenvalue weighted by Crippen LogP contribution is 2.27. The number of hydrogen-bond acceptors (Lipinski definition) is 5. The van der Waals surface area contributed by atoms with Gasteiger partial charge in [-0.25, -0.2) is 0 Å². The Kier molecular flexibility index (Phi) is 6.06. The summed E-state index contributed by atoms with van der Waals surface area (Å²) in [5.74, 6) is 0.976. The predicted molar refractivity (Wildman–Crippen MR) is 126 cm³/mol. The maximum Gasteiger partial charge on any atom is 0.291 e. The van der Waals surface area contributed by atoms with Crippen molar-refractivity contribution < 1.29 is 23.2 Å². The number of nitrogens with two attached hydrogens (primary N) is 1. The van der Waals surface area contributed by atoms with Crippen LogP contribution in [0.3, 0.4) is 0 Å². The number of furan rings is 2. The third kappa shape index (κ3) is 4.82. The molecule has 3 N–H and O–H groups in total. The van der Waals surface area contributed by atoms with Crippen molar-refractivity contribution in [1.29, 1.82) is 0 Å². The molecule has 0 aromatic carbocycles. The van der Waals surface area contributed by atoms with E-state index in [2.05, 4.69) is 38.2 Å². The Morgan fingerprint density at radius 3 is 2.73 bits per heavy atom. The second kappa shape index (κ2) is 8.81. The van der Waals surface area contributed by atoms with E-state index < -0.39 is 11.8 Å². The van der Waals surface area contributed by atoms with Gasteiger partial charge < -0.3 is 24.6 Å². The molecule has 1 unspecified atom stereocenters. The van der Waals surface area contributed by atoms with Gasteiger partial charge in [-0.1, -0.05) is 32.9 Å². The number of carbonyl (C=O) groups excluding carboxylic acids is 2. The van der Waals surface area contributed by atoms with Crippen LogP contribution >= 0.6 is 0 Å². The lowest BCUT2D eigenvalue weighted by atomic mass is 9.86. The summed E-state index contributed by atoms with van der Waals surface area (Å²) in [4.78, 5) is 24.8. The van der Waals surface area contributed by atoms with Gasteiger partial charge in [-0.2, -0.15) is 0 Å². The lowest BCUT2D eigenvalue weighted by Gasteiger charge is -2.19. The topological polar surface area (TPSA) is 108 Å². The monoisotopic (exact) mass is 450 g/mol. The van der Waals surface area contributed by atoms with Crippen molar-refractivity contribution in [2.45, 2.75) is 46.5 Å². The molecule has 4 rings (SSSR count). The Bertz CT molecular complexity index is 1270. The maximum atomic E-state index is 12.9. The molecule has 1 atom stereocenters. The number of amides is 2. The fourth-order valence-electron chi connectivity index (χ4n) is 4.19. The summed E-state index contributed by atoms with van der Waals surface area (Å²) in [7, 11) is 1.69. The summed E-state index contributed by atoms with van der Waals surface area (Å²) >= 11 is 0. The molecular weight excluding hydrogens is 420 g/mol. The predicted octanol–water partition coefficient (Wildman–Crippen LogP) is 3.64.